The van der Waals surface area contributed by atoms with Crippen LogP contribution in [0.25, 0.3) is 0 Å². The molecule has 0 aliphatic carbocycles. The Labute approximate surface area is 226 Å². The van der Waals surface area contributed by atoms with Crippen LogP contribution in [0.1, 0.15) is 34.4 Å². The lowest BCUT2D eigenvalue weighted by Crippen LogP contribution is -2.49. The number of carbonyl (C=O) groups is 1. The first-order valence-electron chi connectivity index (χ1n) is 12.3. The number of nitrogens with one attached hydrogen (secondary N) is 2. The minimum absolute atomic E-state index is 0.0925. The van der Waals surface area contributed by atoms with Gasteiger partial charge in [-0.3, -0.25) is 4.79 Å². The Bertz CT molecular complexity index is 1470. The number of aliphatic hydroxyl groups excluding tert-OH is 1. The Morgan fingerprint density at radius 1 is 0.744 bits per heavy atom. The molecule has 39 heavy (non-hydrogen) atoms. The number of rotatable bonds is 11. The fourth-order valence-corrected chi connectivity index (χ4v) is 5.64. The second-order valence-corrected chi connectivity index (χ2v) is 10.9. The number of aliphatic hydroxyl groups is 1. The Morgan fingerprint density at radius 3 is 1.82 bits per heavy atom. The second-order valence-electron chi connectivity index (χ2n) is 9.15. The van der Waals surface area contributed by atoms with E-state index in [1.54, 1.807) is 91.0 Å². The van der Waals surface area contributed by atoms with Crippen LogP contribution in [-0.4, -0.2) is 25.5 Å². The van der Waals surface area contributed by atoms with E-state index >= 15 is 0 Å². The van der Waals surface area contributed by atoms with E-state index in [4.69, 9.17) is 0 Å². The largest absolute Gasteiger partial charge is 0.386 e. The molecule has 3 N–H and O–H groups in total. The first-order valence-corrected chi connectivity index (χ1v) is 13.9. The van der Waals surface area contributed by atoms with Gasteiger partial charge in [-0.25, -0.2) is 21.9 Å². The van der Waals surface area contributed by atoms with Crippen LogP contribution in [0.4, 0.5) is 8.78 Å². The second kappa shape index (κ2) is 12.8. The highest BCUT2D eigenvalue weighted by Gasteiger charge is 2.31. The van der Waals surface area contributed by atoms with Gasteiger partial charge in [-0.05, 0) is 40.8 Å². The van der Waals surface area contributed by atoms with Crippen molar-refractivity contribution in [1.29, 1.82) is 0 Å². The summed E-state index contributed by atoms with van der Waals surface area (Å²) in [5.41, 5.74) is 1.72. The molecule has 4 aromatic rings. The zero-order valence-corrected chi connectivity index (χ0v) is 21.7. The van der Waals surface area contributed by atoms with Gasteiger partial charge in [-0.2, -0.15) is 0 Å². The van der Waals surface area contributed by atoms with Crippen LogP contribution in [-0.2, 0) is 27.0 Å². The lowest BCUT2D eigenvalue weighted by atomic mass is 9.95. The van der Waals surface area contributed by atoms with Crippen molar-refractivity contribution in [3.63, 3.8) is 0 Å². The maximum Gasteiger partial charge on any atom is 0.239 e. The van der Waals surface area contributed by atoms with Crippen LogP contribution >= 0.6 is 0 Å². The minimum Gasteiger partial charge on any atom is -0.386 e. The molecule has 0 aliphatic rings. The van der Waals surface area contributed by atoms with Gasteiger partial charge < -0.3 is 10.4 Å². The SMILES string of the molecule is O=C(N[C@@H](c1ccccc1)[C@H](O)c1ccccc1)C(Cc1cc(F)cc(F)c1)NS(=O)(=O)Cc1ccccc1. The average Bonchev–Trinajstić information content (AvgIpc) is 2.91. The third-order valence-electron chi connectivity index (χ3n) is 6.11. The zero-order valence-electron chi connectivity index (χ0n) is 20.9. The number of hydrogen-bond donors (Lipinski definition) is 3. The molecule has 9 heteroatoms. The number of benzene rings is 4. The van der Waals surface area contributed by atoms with Crippen molar-refractivity contribution in [2.24, 2.45) is 0 Å². The Kier molecular flexibility index (Phi) is 9.19. The summed E-state index contributed by atoms with van der Waals surface area (Å²) in [4.78, 5) is 13.6. The summed E-state index contributed by atoms with van der Waals surface area (Å²) >= 11 is 0. The molecule has 0 bridgehead atoms. The summed E-state index contributed by atoms with van der Waals surface area (Å²) in [6.07, 6.45) is -1.48. The highest BCUT2D eigenvalue weighted by Crippen LogP contribution is 2.29. The third-order valence-corrected chi connectivity index (χ3v) is 7.47. The fraction of sp³-hybridized carbons (Fsp3) is 0.167. The highest BCUT2D eigenvalue weighted by atomic mass is 32.2. The average molecular weight is 551 g/mol. The van der Waals surface area contributed by atoms with Gasteiger partial charge >= 0.3 is 0 Å². The molecule has 0 heterocycles. The summed E-state index contributed by atoms with van der Waals surface area (Å²) in [5, 5.41) is 14.0. The smallest absolute Gasteiger partial charge is 0.239 e. The van der Waals surface area contributed by atoms with E-state index < -0.39 is 51.5 Å². The summed E-state index contributed by atoms with van der Waals surface area (Å²) in [7, 11) is -4.05. The number of sulfonamides is 1. The number of hydrogen-bond acceptors (Lipinski definition) is 4. The van der Waals surface area contributed by atoms with Crippen molar-refractivity contribution < 1.29 is 27.1 Å². The molecule has 1 unspecified atom stereocenters. The summed E-state index contributed by atoms with van der Waals surface area (Å²) in [6.45, 7) is 0. The molecule has 0 aliphatic heterocycles. The van der Waals surface area contributed by atoms with Crippen molar-refractivity contribution in [3.05, 3.63) is 143 Å². The van der Waals surface area contributed by atoms with Gasteiger partial charge in [0.15, 0.2) is 0 Å². The molecule has 0 radical (unpaired) electrons. The molecule has 3 atom stereocenters. The first kappa shape index (κ1) is 28.1. The zero-order chi connectivity index (χ0) is 27.8. The molecule has 0 aromatic heterocycles. The van der Waals surface area contributed by atoms with Crippen molar-refractivity contribution in [3.8, 4) is 0 Å². The molecule has 4 rings (SSSR count). The van der Waals surface area contributed by atoms with Crippen molar-refractivity contribution in [1.82, 2.24) is 10.0 Å². The van der Waals surface area contributed by atoms with Gasteiger partial charge in [0.1, 0.15) is 23.8 Å². The molecule has 202 valence electrons. The molecule has 6 nitrogen and oxygen atoms in total. The van der Waals surface area contributed by atoms with E-state index in [0.717, 1.165) is 12.1 Å². The van der Waals surface area contributed by atoms with Gasteiger partial charge in [0.05, 0.1) is 11.8 Å². The highest BCUT2D eigenvalue weighted by molar-refractivity contribution is 7.88. The normalized spacial score (nSPS) is 13.8. The fourth-order valence-electron chi connectivity index (χ4n) is 4.31. The summed E-state index contributed by atoms with van der Waals surface area (Å²) in [6, 6.07) is 26.3. The van der Waals surface area contributed by atoms with E-state index in [1.165, 1.54) is 0 Å². The van der Waals surface area contributed by atoms with E-state index in [2.05, 4.69) is 10.0 Å². The topological polar surface area (TPSA) is 95.5 Å². The summed E-state index contributed by atoms with van der Waals surface area (Å²) in [5.74, 6) is -2.86. The molecule has 0 saturated heterocycles. The van der Waals surface area contributed by atoms with Crippen molar-refractivity contribution in [2.45, 2.75) is 30.4 Å². The Balaban J connectivity index is 1.64. The van der Waals surface area contributed by atoms with Gasteiger partial charge in [0.2, 0.25) is 15.9 Å². The molecular formula is C30H28F2N2O4S. The van der Waals surface area contributed by atoms with E-state index in [1.807, 2.05) is 0 Å². The van der Waals surface area contributed by atoms with Crippen LogP contribution < -0.4 is 10.0 Å². The quantitative estimate of drug-likeness (QED) is 0.255. The molecule has 0 fully saturated rings. The van der Waals surface area contributed by atoms with E-state index in [0.29, 0.717) is 22.8 Å². The van der Waals surface area contributed by atoms with Crippen molar-refractivity contribution in [2.75, 3.05) is 0 Å². The van der Waals surface area contributed by atoms with Gasteiger partial charge in [-0.1, -0.05) is 91.0 Å². The van der Waals surface area contributed by atoms with Crippen LogP contribution in [0.2, 0.25) is 0 Å². The third kappa shape index (κ3) is 8.03. The number of carbonyl (C=O) groups excluding carboxylic acids is 1. The van der Waals surface area contributed by atoms with Crippen LogP contribution in [0.15, 0.2) is 109 Å². The Hall–Kier alpha value is -3.92. The standard InChI is InChI=1S/C30H28F2N2O4S/c31-25-16-22(17-26(32)19-25)18-27(34-39(37,38)20-21-10-4-1-5-11-21)30(36)33-28(23-12-6-2-7-13-23)29(35)24-14-8-3-9-15-24/h1-17,19,27-29,34-35H,18,20H2,(H,33,36)/t27?,28-,29+/m0/s1. The molecule has 0 spiro atoms. The number of amides is 1. The first-order chi connectivity index (χ1) is 18.7. The minimum atomic E-state index is -4.05. The van der Waals surface area contributed by atoms with Crippen molar-refractivity contribution >= 4 is 15.9 Å². The maximum atomic E-state index is 13.9. The lowest BCUT2D eigenvalue weighted by molar-refractivity contribution is -0.124. The van der Waals surface area contributed by atoms with Gasteiger partial charge in [-0.15, -0.1) is 0 Å². The van der Waals surface area contributed by atoms with E-state index in [9.17, 15) is 27.1 Å². The van der Waals surface area contributed by atoms with Gasteiger partial charge in [0, 0.05) is 6.07 Å². The maximum absolute atomic E-state index is 13.9. The monoisotopic (exact) mass is 550 g/mol. The molecule has 4 aromatic carbocycles. The van der Waals surface area contributed by atoms with Gasteiger partial charge in [0.25, 0.3) is 0 Å². The van der Waals surface area contributed by atoms with Crippen LogP contribution in [0.5, 0.6) is 0 Å². The van der Waals surface area contributed by atoms with Crippen LogP contribution in [0, 0.1) is 11.6 Å². The number of halogens is 2. The molecule has 0 saturated carbocycles. The Morgan fingerprint density at radius 2 is 1.26 bits per heavy atom. The predicted molar refractivity (Wildman–Crippen MR) is 145 cm³/mol. The summed E-state index contributed by atoms with van der Waals surface area (Å²) < 4.78 is 56.4. The molecular weight excluding hydrogens is 522 g/mol. The van der Waals surface area contributed by atoms with Crippen LogP contribution in [0.3, 0.4) is 0 Å². The van der Waals surface area contributed by atoms with E-state index in [-0.39, 0.29) is 12.0 Å². The predicted octanol–water partition coefficient (Wildman–Crippen LogP) is 4.59. The lowest BCUT2D eigenvalue weighted by Gasteiger charge is -2.28. The molecule has 1 amide bonds.